The molecule has 1 fully saturated rings. The molecule has 1 N–H and O–H groups in total. The summed E-state index contributed by atoms with van der Waals surface area (Å²) in [5.74, 6) is -0.879. The summed E-state index contributed by atoms with van der Waals surface area (Å²) in [5, 5.41) is 4.12. The standard InChI is InChI=1S/C31H34Cl3N3O4S/c1-3-28(31(39)35-22-11-7-8-12-22)36(19-24-26(33)16-9-17-27(24)34)30(38)20-37(29-18-10-15-25(32)21(29)2)42(40,41)23-13-5-4-6-14-23/h4-6,9-10,13-18,22,28H,3,7-8,11-12,19-20H2,1-2H3,(H,35,39)/t28-/m1/s1. The topological polar surface area (TPSA) is 86.8 Å². The molecule has 0 spiro atoms. The molecule has 224 valence electrons. The maximum Gasteiger partial charge on any atom is 0.264 e. The van der Waals surface area contributed by atoms with Crippen LogP contribution in [-0.2, 0) is 26.2 Å². The van der Waals surface area contributed by atoms with Crippen LogP contribution >= 0.6 is 34.8 Å². The normalized spacial score (nSPS) is 14.4. The summed E-state index contributed by atoms with van der Waals surface area (Å²) >= 11 is 19.4. The molecule has 1 aliphatic rings. The lowest BCUT2D eigenvalue weighted by molar-refractivity contribution is -0.140. The largest absolute Gasteiger partial charge is 0.352 e. The van der Waals surface area contributed by atoms with Gasteiger partial charge in [0.2, 0.25) is 11.8 Å². The maximum atomic E-state index is 14.3. The molecule has 42 heavy (non-hydrogen) atoms. The van der Waals surface area contributed by atoms with E-state index in [4.69, 9.17) is 34.8 Å². The van der Waals surface area contributed by atoms with Crippen LogP contribution in [0.3, 0.4) is 0 Å². The van der Waals surface area contributed by atoms with Gasteiger partial charge in [-0.3, -0.25) is 13.9 Å². The first-order valence-electron chi connectivity index (χ1n) is 13.9. The number of anilines is 1. The molecule has 1 aliphatic carbocycles. The fourth-order valence-corrected chi connectivity index (χ4v) is 7.42. The van der Waals surface area contributed by atoms with E-state index in [0.717, 1.165) is 30.0 Å². The molecule has 2 amide bonds. The Morgan fingerprint density at radius 1 is 0.905 bits per heavy atom. The third kappa shape index (κ3) is 7.22. The molecule has 0 aromatic heterocycles. The summed E-state index contributed by atoms with van der Waals surface area (Å²) in [6.07, 6.45) is 4.12. The van der Waals surface area contributed by atoms with Crippen molar-refractivity contribution in [1.82, 2.24) is 10.2 Å². The molecule has 0 saturated heterocycles. The first kappa shape index (κ1) is 32.1. The number of nitrogens with zero attached hydrogens (tertiary/aromatic N) is 2. The minimum atomic E-state index is -4.21. The minimum Gasteiger partial charge on any atom is -0.352 e. The van der Waals surface area contributed by atoms with Gasteiger partial charge in [-0.2, -0.15) is 0 Å². The van der Waals surface area contributed by atoms with Gasteiger partial charge in [0.15, 0.2) is 0 Å². The Morgan fingerprint density at radius 2 is 1.50 bits per heavy atom. The highest BCUT2D eigenvalue weighted by molar-refractivity contribution is 7.92. The van der Waals surface area contributed by atoms with Crippen molar-refractivity contribution in [3.63, 3.8) is 0 Å². The molecule has 0 radical (unpaired) electrons. The monoisotopic (exact) mass is 649 g/mol. The molecule has 0 bridgehead atoms. The molecule has 1 atom stereocenters. The number of hydrogen-bond acceptors (Lipinski definition) is 4. The lowest BCUT2D eigenvalue weighted by atomic mass is 10.1. The quantitative estimate of drug-likeness (QED) is 0.242. The Kier molecular flexibility index (Phi) is 10.8. The number of carbonyl (C=O) groups excluding carboxylic acids is 2. The van der Waals surface area contributed by atoms with E-state index in [-0.39, 0.29) is 29.1 Å². The first-order valence-corrected chi connectivity index (χ1v) is 16.5. The predicted molar refractivity (Wildman–Crippen MR) is 169 cm³/mol. The second-order valence-electron chi connectivity index (χ2n) is 10.3. The number of halogens is 3. The van der Waals surface area contributed by atoms with Crippen LogP contribution in [0, 0.1) is 6.92 Å². The maximum absolute atomic E-state index is 14.3. The molecule has 0 heterocycles. The van der Waals surface area contributed by atoms with Crippen LogP contribution in [0.15, 0.2) is 71.6 Å². The Balaban J connectivity index is 1.77. The number of nitrogens with one attached hydrogen (secondary N) is 1. The summed E-state index contributed by atoms with van der Waals surface area (Å²) in [6, 6.07) is 16.9. The molecule has 7 nitrogen and oxygen atoms in total. The summed E-state index contributed by atoms with van der Waals surface area (Å²) in [7, 11) is -4.21. The molecule has 11 heteroatoms. The van der Waals surface area contributed by atoms with E-state index in [1.807, 2.05) is 6.92 Å². The van der Waals surface area contributed by atoms with Gasteiger partial charge in [0, 0.05) is 33.2 Å². The van der Waals surface area contributed by atoms with Crippen LogP contribution in [0.4, 0.5) is 5.69 Å². The van der Waals surface area contributed by atoms with E-state index < -0.39 is 28.5 Å². The van der Waals surface area contributed by atoms with Crippen molar-refractivity contribution in [2.24, 2.45) is 0 Å². The number of sulfonamides is 1. The van der Waals surface area contributed by atoms with E-state index in [1.165, 1.54) is 17.0 Å². The van der Waals surface area contributed by atoms with Gasteiger partial charge in [0.05, 0.1) is 10.6 Å². The molecular weight excluding hydrogens is 617 g/mol. The number of rotatable bonds is 11. The van der Waals surface area contributed by atoms with Crippen LogP contribution in [0.25, 0.3) is 0 Å². The Bertz CT molecular complexity index is 1510. The first-order chi connectivity index (χ1) is 20.0. The summed E-state index contributed by atoms with van der Waals surface area (Å²) in [4.78, 5) is 29.3. The van der Waals surface area contributed by atoms with Gasteiger partial charge in [0.25, 0.3) is 10.0 Å². The van der Waals surface area contributed by atoms with Crippen molar-refractivity contribution in [3.05, 3.63) is 92.9 Å². The molecule has 1 saturated carbocycles. The molecule has 3 aromatic rings. The zero-order chi connectivity index (χ0) is 30.4. The summed E-state index contributed by atoms with van der Waals surface area (Å²) < 4.78 is 29.1. The van der Waals surface area contributed by atoms with Gasteiger partial charge in [-0.05, 0) is 68.1 Å². The zero-order valence-corrected chi connectivity index (χ0v) is 26.6. The predicted octanol–water partition coefficient (Wildman–Crippen LogP) is 7.02. The van der Waals surface area contributed by atoms with Gasteiger partial charge in [-0.1, -0.05) is 84.9 Å². The van der Waals surface area contributed by atoms with Gasteiger partial charge in [-0.15, -0.1) is 0 Å². The van der Waals surface area contributed by atoms with Crippen molar-refractivity contribution in [3.8, 4) is 0 Å². The molecular formula is C31H34Cl3N3O4S. The van der Waals surface area contributed by atoms with Gasteiger partial charge >= 0.3 is 0 Å². The average molecular weight is 651 g/mol. The summed E-state index contributed by atoms with van der Waals surface area (Å²) in [5.41, 5.74) is 1.23. The van der Waals surface area contributed by atoms with Crippen molar-refractivity contribution >= 4 is 62.3 Å². The average Bonchev–Trinajstić information content (AvgIpc) is 3.48. The smallest absolute Gasteiger partial charge is 0.264 e. The Hall–Kier alpha value is -2.78. The van der Waals surface area contributed by atoms with Gasteiger partial charge in [-0.25, -0.2) is 8.42 Å². The number of hydrogen-bond donors (Lipinski definition) is 1. The van der Waals surface area contributed by atoms with Crippen molar-refractivity contribution < 1.29 is 18.0 Å². The van der Waals surface area contributed by atoms with Crippen LogP contribution < -0.4 is 9.62 Å². The highest BCUT2D eigenvalue weighted by atomic mass is 35.5. The van der Waals surface area contributed by atoms with Crippen LogP contribution in [-0.4, -0.2) is 43.8 Å². The second-order valence-corrected chi connectivity index (χ2v) is 13.4. The van der Waals surface area contributed by atoms with E-state index in [2.05, 4.69) is 5.32 Å². The highest BCUT2D eigenvalue weighted by Crippen LogP contribution is 2.32. The van der Waals surface area contributed by atoms with Crippen molar-refractivity contribution in [1.29, 1.82) is 0 Å². The second kappa shape index (κ2) is 14.1. The van der Waals surface area contributed by atoms with Crippen molar-refractivity contribution in [2.75, 3.05) is 10.8 Å². The molecule has 0 unspecified atom stereocenters. The van der Waals surface area contributed by atoms with E-state index in [9.17, 15) is 18.0 Å². The number of benzene rings is 3. The molecule has 0 aliphatic heterocycles. The fraction of sp³-hybridized carbons (Fsp3) is 0.355. The Labute approximate surface area is 262 Å². The third-order valence-corrected chi connectivity index (χ3v) is 10.5. The Morgan fingerprint density at radius 3 is 2.12 bits per heavy atom. The lowest BCUT2D eigenvalue weighted by Gasteiger charge is -2.34. The van der Waals surface area contributed by atoms with Crippen LogP contribution in [0.5, 0.6) is 0 Å². The minimum absolute atomic E-state index is 0.0175. The van der Waals surface area contributed by atoms with E-state index >= 15 is 0 Å². The SMILES string of the molecule is CC[C@H](C(=O)NC1CCCC1)N(Cc1c(Cl)cccc1Cl)C(=O)CN(c1cccc(Cl)c1C)S(=O)(=O)c1ccccc1. The molecule has 3 aromatic carbocycles. The molecule has 4 rings (SSSR count). The summed E-state index contributed by atoms with van der Waals surface area (Å²) in [6.45, 7) is 2.85. The number of amides is 2. The zero-order valence-electron chi connectivity index (χ0n) is 23.5. The third-order valence-electron chi connectivity index (χ3n) is 7.60. The van der Waals surface area contributed by atoms with E-state index in [0.29, 0.717) is 32.6 Å². The van der Waals surface area contributed by atoms with Gasteiger partial charge < -0.3 is 10.2 Å². The van der Waals surface area contributed by atoms with Crippen LogP contribution in [0.2, 0.25) is 15.1 Å². The van der Waals surface area contributed by atoms with Gasteiger partial charge in [0.1, 0.15) is 12.6 Å². The lowest BCUT2D eigenvalue weighted by Crippen LogP contribution is -2.53. The van der Waals surface area contributed by atoms with Crippen molar-refractivity contribution in [2.45, 2.75) is 69.5 Å². The van der Waals surface area contributed by atoms with E-state index in [1.54, 1.807) is 61.5 Å². The number of carbonyl (C=O) groups is 2. The fourth-order valence-electron chi connectivity index (χ4n) is 5.24. The van der Waals surface area contributed by atoms with Crippen LogP contribution in [0.1, 0.15) is 50.2 Å². The highest BCUT2D eigenvalue weighted by Gasteiger charge is 2.35.